The van der Waals surface area contributed by atoms with Crippen molar-refractivity contribution in [3.05, 3.63) is 59.7 Å². The average Bonchev–Trinajstić information content (AvgIpc) is 3.64. The molecule has 0 N–H and O–H groups in total. The molecule has 12 heteroatoms. The number of aromatic nitrogens is 5. The normalized spacial score (nSPS) is 11.4. The lowest BCUT2D eigenvalue weighted by Crippen LogP contribution is -1.97. The smallest absolute Gasteiger partial charge is 0.294 e. The number of fused-ring (bicyclic) bond motifs is 2. The Labute approximate surface area is 205 Å². The summed E-state index contributed by atoms with van der Waals surface area (Å²) in [7, 11) is 3.15. The van der Waals surface area contributed by atoms with E-state index < -0.39 is 5.95 Å². The third kappa shape index (κ3) is 4.06. The molecule has 0 aliphatic rings. The molecule has 5 heterocycles. The molecule has 0 aliphatic heterocycles. The van der Waals surface area contributed by atoms with E-state index in [2.05, 4.69) is 20.1 Å². The predicted molar refractivity (Wildman–Crippen MR) is 129 cm³/mol. The molecule has 0 amide bonds. The fourth-order valence-corrected chi connectivity index (χ4v) is 5.02. The second-order valence-corrected chi connectivity index (χ2v) is 9.15. The van der Waals surface area contributed by atoms with Gasteiger partial charge < -0.3 is 18.6 Å². The molecule has 6 rings (SSSR count). The second kappa shape index (κ2) is 8.64. The minimum absolute atomic E-state index is 0.219. The number of pyridine rings is 1. The molecular formula is C23H16FN5O4S2. The third-order valence-corrected chi connectivity index (χ3v) is 6.99. The Balaban J connectivity index is 1.29. The van der Waals surface area contributed by atoms with Gasteiger partial charge in [0, 0.05) is 35.3 Å². The first-order valence-corrected chi connectivity index (χ1v) is 12.0. The van der Waals surface area contributed by atoms with Crippen molar-refractivity contribution in [1.82, 2.24) is 24.6 Å². The van der Waals surface area contributed by atoms with Gasteiger partial charge in [-0.05, 0) is 23.5 Å². The fourth-order valence-electron chi connectivity index (χ4n) is 3.52. The number of furan rings is 1. The molecule has 0 saturated carbocycles. The number of hydrogen-bond acceptors (Lipinski definition) is 10. The van der Waals surface area contributed by atoms with E-state index in [9.17, 15) is 4.39 Å². The van der Waals surface area contributed by atoms with E-state index >= 15 is 0 Å². The van der Waals surface area contributed by atoms with Crippen molar-refractivity contribution in [2.45, 2.75) is 6.61 Å². The molecule has 5 aromatic heterocycles. The SMILES string of the molecule is COc1cc(OCc2csc(-c3ccnc(F)c3)n2)c2cc(-c3cn4nc(OC)sc4n3)oc2c1. The lowest BCUT2D eigenvalue weighted by molar-refractivity contribution is 0.303. The Hall–Kier alpha value is -4.03. The van der Waals surface area contributed by atoms with Crippen molar-refractivity contribution in [2.75, 3.05) is 14.2 Å². The monoisotopic (exact) mass is 509 g/mol. The van der Waals surface area contributed by atoms with Crippen LogP contribution < -0.4 is 14.2 Å². The van der Waals surface area contributed by atoms with Crippen LogP contribution in [0.5, 0.6) is 16.7 Å². The van der Waals surface area contributed by atoms with Gasteiger partial charge >= 0.3 is 0 Å². The maximum Gasteiger partial charge on any atom is 0.294 e. The van der Waals surface area contributed by atoms with E-state index in [4.69, 9.17) is 18.6 Å². The first-order chi connectivity index (χ1) is 17.1. The molecule has 6 aromatic rings. The van der Waals surface area contributed by atoms with Crippen LogP contribution >= 0.6 is 22.7 Å². The molecule has 0 fully saturated rings. The second-order valence-electron chi connectivity index (χ2n) is 7.37. The molecule has 0 bridgehead atoms. The number of methoxy groups -OCH3 is 2. The Bertz CT molecular complexity index is 1640. The molecular weight excluding hydrogens is 493 g/mol. The number of hydrogen-bond donors (Lipinski definition) is 0. The zero-order valence-electron chi connectivity index (χ0n) is 18.4. The zero-order valence-corrected chi connectivity index (χ0v) is 20.0. The van der Waals surface area contributed by atoms with Gasteiger partial charge in [-0.15, -0.1) is 16.4 Å². The maximum atomic E-state index is 13.5. The Morgan fingerprint density at radius 3 is 2.83 bits per heavy atom. The van der Waals surface area contributed by atoms with Gasteiger partial charge in [0.05, 0.1) is 31.5 Å². The van der Waals surface area contributed by atoms with Gasteiger partial charge in [0.2, 0.25) is 10.9 Å². The molecule has 0 aliphatic carbocycles. The third-order valence-electron chi connectivity index (χ3n) is 5.16. The summed E-state index contributed by atoms with van der Waals surface area (Å²) >= 11 is 2.75. The van der Waals surface area contributed by atoms with Gasteiger partial charge in [0.1, 0.15) is 34.4 Å². The molecule has 1 aromatic carbocycles. The lowest BCUT2D eigenvalue weighted by Gasteiger charge is -2.07. The van der Waals surface area contributed by atoms with Crippen LogP contribution in [0.3, 0.4) is 0 Å². The molecule has 0 atom stereocenters. The topological polar surface area (TPSA) is 96.8 Å². The molecule has 0 spiro atoms. The predicted octanol–water partition coefficient (Wildman–Crippen LogP) is 5.46. The molecule has 0 radical (unpaired) electrons. The molecule has 176 valence electrons. The maximum absolute atomic E-state index is 13.5. The van der Waals surface area contributed by atoms with Gasteiger partial charge in [-0.1, -0.05) is 0 Å². The van der Waals surface area contributed by atoms with E-state index in [-0.39, 0.29) is 6.61 Å². The number of benzene rings is 1. The summed E-state index contributed by atoms with van der Waals surface area (Å²) in [6.45, 7) is 0.219. The Kier molecular flexibility index (Phi) is 5.30. The first kappa shape index (κ1) is 21.5. The van der Waals surface area contributed by atoms with E-state index in [0.717, 1.165) is 11.1 Å². The zero-order chi connectivity index (χ0) is 23.9. The van der Waals surface area contributed by atoms with E-state index in [1.165, 1.54) is 34.9 Å². The van der Waals surface area contributed by atoms with Crippen molar-refractivity contribution in [2.24, 2.45) is 0 Å². The number of rotatable bonds is 7. The molecule has 35 heavy (non-hydrogen) atoms. The largest absolute Gasteiger partial charge is 0.496 e. The van der Waals surface area contributed by atoms with Gasteiger partial charge in [0.25, 0.3) is 5.19 Å². The van der Waals surface area contributed by atoms with Crippen LogP contribution in [0.25, 0.3) is 38.0 Å². The Morgan fingerprint density at radius 2 is 2.03 bits per heavy atom. The molecule has 0 unspecified atom stereocenters. The Morgan fingerprint density at radius 1 is 1.11 bits per heavy atom. The summed E-state index contributed by atoms with van der Waals surface area (Å²) in [5.74, 6) is 1.21. The highest BCUT2D eigenvalue weighted by Gasteiger charge is 2.17. The summed E-state index contributed by atoms with van der Waals surface area (Å²) in [5, 5.41) is 8.18. The number of halogens is 1. The van der Waals surface area contributed by atoms with Crippen LogP contribution in [0.2, 0.25) is 0 Å². The van der Waals surface area contributed by atoms with Crippen molar-refractivity contribution >= 4 is 38.6 Å². The van der Waals surface area contributed by atoms with Gasteiger partial charge in [-0.25, -0.2) is 19.5 Å². The highest BCUT2D eigenvalue weighted by atomic mass is 32.1. The van der Waals surface area contributed by atoms with Crippen LogP contribution in [0.1, 0.15) is 5.69 Å². The summed E-state index contributed by atoms with van der Waals surface area (Å²) in [5.41, 5.74) is 2.63. The summed E-state index contributed by atoms with van der Waals surface area (Å²) < 4.78 is 37.9. The van der Waals surface area contributed by atoms with Crippen LogP contribution in [-0.4, -0.2) is 38.8 Å². The van der Waals surface area contributed by atoms with Crippen molar-refractivity contribution in [3.63, 3.8) is 0 Å². The van der Waals surface area contributed by atoms with Crippen LogP contribution in [0.4, 0.5) is 4.39 Å². The fraction of sp³-hybridized carbons (Fsp3) is 0.130. The quantitative estimate of drug-likeness (QED) is 0.262. The number of thiazole rings is 1. The summed E-state index contributed by atoms with van der Waals surface area (Å²) in [6, 6.07) is 8.54. The average molecular weight is 510 g/mol. The van der Waals surface area contributed by atoms with Crippen molar-refractivity contribution < 1.29 is 23.0 Å². The first-order valence-electron chi connectivity index (χ1n) is 10.3. The van der Waals surface area contributed by atoms with Crippen molar-refractivity contribution in [3.8, 4) is 38.7 Å². The van der Waals surface area contributed by atoms with Gasteiger partial charge in [-0.3, -0.25) is 0 Å². The van der Waals surface area contributed by atoms with Gasteiger partial charge in [0.15, 0.2) is 5.76 Å². The summed E-state index contributed by atoms with van der Waals surface area (Å²) in [6.07, 6.45) is 3.20. The van der Waals surface area contributed by atoms with Gasteiger partial charge in [-0.2, -0.15) is 4.39 Å². The minimum atomic E-state index is -0.544. The minimum Gasteiger partial charge on any atom is -0.496 e. The lowest BCUT2D eigenvalue weighted by atomic mass is 10.2. The van der Waals surface area contributed by atoms with Crippen LogP contribution in [-0.2, 0) is 6.61 Å². The number of ether oxygens (including phenoxy) is 3. The molecule has 0 saturated heterocycles. The molecule has 9 nitrogen and oxygen atoms in total. The number of nitrogens with zero attached hydrogens (tertiary/aromatic N) is 5. The van der Waals surface area contributed by atoms with E-state index in [0.29, 0.717) is 49.3 Å². The highest BCUT2D eigenvalue weighted by molar-refractivity contribution is 7.18. The van der Waals surface area contributed by atoms with E-state index in [1.807, 2.05) is 11.4 Å². The van der Waals surface area contributed by atoms with Crippen LogP contribution in [0, 0.1) is 5.95 Å². The standard InChI is InChI=1S/C23H16FN5O4S2/c1-30-14-6-17(32-10-13-11-34-21(26-13)12-3-4-25-20(24)5-12)15-8-19(33-18(15)7-14)16-9-29-22(27-16)35-23(28-29)31-2/h3-9,11H,10H2,1-2H3. The van der Waals surface area contributed by atoms with Crippen molar-refractivity contribution in [1.29, 1.82) is 0 Å². The van der Waals surface area contributed by atoms with Crippen LogP contribution in [0.15, 0.2) is 52.5 Å². The van der Waals surface area contributed by atoms with E-state index in [1.54, 1.807) is 43.1 Å². The summed E-state index contributed by atoms with van der Waals surface area (Å²) in [4.78, 5) is 13.4. The number of imidazole rings is 1. The highest BCUT2D eigenvalue weighted by Crippen LogP contribution is 2.37.